The summed E-state index contributed by atoms with van der Waals surface area (Å²) in [7, 11) is -3.64. The van der Waals surface area contributed by atoms with Crippen LogP contribution in [0.3, 0.4) is 0 Å². The van der Waals surface area contributed by atoms with E-state index in [9.17, 15) is 12.8 Å². The predicted octanol–water partition coefficient (Wildman–Crippen LogP) is 3.47. The monoisotopic (exact) mass is 409 g/mol. The maximum absolute atomic E-state index is 14.1. The van der Waals surface area contributed by atoms with Gasteiger partial charge in [-0.2, -0.15) is 16.1 Å². The van der Waals surface area contributed by atoms with Gasteiger partial charge in [0.1, 0.15) is 19.0 Å². The molecule has 0 aromatic heterocycles. The van der Waals surface area contributed by atoms with Crippen LogP contribution in [0.15, 0.2) is 47.4 Å². The van der Waals surface area contributed by atoms with Gasteiger partial charge in [-0.05, 0) is 24.6 Å². The molecule has 2 heterocycles. The zero-order valence-electron chi connectivity index (χ0n) is 14.6. The SMILES string of the molecule is O=S(=O)(c1ccc2c(c1)OCCO2)N1CCSC(c2ccccc2F)CC1. The number of sulfonamides is 1. The van der Waals surface area contributed by atoms with Crippen molar-refractivity contribution < 1.29 is 22.3 Å². The molecule has 144 valence electrons. The molecule has 1 atom stereocenters. The van der Waals surface area contributed by atoms with Crippen LogP contribution < -0.4 is 9.47 Å². The molecule has 1 fully saturated rings. The molecule has 0 spiro atoms. The molecule has 2 aliphatic heterocycles. The van der Waals surface area contributed by atoms with Crippen molar-refractivity contribution in [3.63, 3.8) is 0 Å². The van der Waals surface area contributed by atoms with Crippen molar-refractivity contribution in [1.82, 2.24) is 4.31 Å². The number of rotatable bonds is 3. The van der Waals surface area contributed by atoms with Crippen LogP contribution in [0.5, 0.6) is 11.5 Å². The molecule has 2 aromatic carbocycles. The number of fused-ring (bicyclic) bond motifs is 1. The zero-order valence-corrected chi connectivity index (χ0v) is 16.3. The molecule has 0 radical (unpaired) electrons. The first-order valence-corrected chi connectivity index (χ1v) is 11.3. The Labute approximate surface area is 162 Å². The molecule has 2 aromatic rings. The minimum absolute atomic E-state index is 0.0494. The maximum atomic E-state index is 14.1. The molecule has 0 aliphatic carbocycles. The molecule has 0 bridgehead atoms. The molecular formula is C19H20FNO4S2. The molecule has 5 nitrogen and oxygen atoms in total. The van der Waals surface area contributed by atoms with Crippen molar-refractivity contribution in [2.24, 2.45) is 0 Å². The van der Waals surface area contributed by atoms with Crippen LogP contribution in [-0.4, -0.2) is 44.8 Å². The third-order valence-corrected chi connectivity index (χ3v) is 7.91. The van der Waals surface area contributed by atoms with Crippen LogP contribution in [-0.2, 0) is 10.0 Å². The summed E-state index contributed by atoms with van der Waals surface area (Å²) in [6.07, 6.45) is 0.565. The summed E-state index contributed by atoms with van der Waals surface area (Å²) >= 11 is 1.60. The summed E-state index contributed by atoms with van der Waals surface area (Å²) < 4.78 is 52.7. The number of nitrogens with zero attached hydrogens (tertiary/aromatic N) is 1. The van der Waals surface area contributed by atoms with Gasteiger partial charge in [-0.3, -0.25) is 0 Å². The van der Waals surface area contributed by atoms with E-state index in [-0.39, 0.29) is 16.0 Å². The normalized spacial score (nSPS) is 20.9. The van der Waals surface area contributed by atoms with Crippen LogP contribution in [0.1, 0.15) is 17.2 Å². The summed E-state index contributed by atoms with van der Waals surface area (Å²) in [5, 5.41) is -0.0494. The van der Waals surface area contributed by atoms with Crippen LogP contribution in [0.25, 0.3) is 0 Å². The molecule has 0 amide bonds. The van der Waals surface area contributed by atoms with Gasteiger partial charge < -0.3 is 9.47 Å². The van der Waals surface area contributed by atoms with Crippen molar-refractivity contribution in [3.8, 4) is 11.5 Å². The van der Waals surface area contributed by atoms with E-state index in [1.165, 1.54) is 16.4 Å². The van der Waals surface area contributed by atoms with Crippen LogP contribution in [0.4, 0.5) is 4.39 Å². The Balaban J connectivity index is 1.54. The molecule has 1 unspecified atom stereocenters. The Morgan fingerprint density at radius 2 is 1.81 bits per heavy atom. The van der Waals surface area contributed by atoms with Gasteiger partial charge in [0.05, 0.1) is 4.90 Å². The molecule has 27 heavy (non-hydrogen) atoms. The van der Waals surface area contributed by atoms with Crippen molar-refractivity contribution in [2.75, 3.05) is 32.1 Å². The predicted molar refractivity (Wildman–Crippen MR) is 102 cm³/mol. The van der Waals surface area contributed by atoms with E-state index in [1.807, 2.05) is 6.07 Å². The molecule has 0 saturated carbocycles. The lowest BCUT2D eigenvalue weighted by atomic mass is 10.1. The number of ether oxygens (including phenoxy) is 2. The maximum Gasteiger partial charge on any atom is 0.243 e. The van der Waals surface area contributed by atoms with E-state index < -0.39 is 10.0 Å². The topological polar surface area (TPSA) is 55.8 Å². The number of halogens is 1. The lowest BCUT2D eigenvalue weighted by Gasteiger charge is -2.22. The largest absolute Gasteiger partial charge is 0.486 e. The summed E-state index contributed by atoms with van der Waals surface area (Å²) in [5.74, 6) is 1.39. The minimum Gasteiger partial charge on any atom is -0.486 e. The van der Waals surface area contributed by atoms with Gasteiger partial charge in [-0.25, -0.2) is 12.8 Å². The van der Waals surface area contributed by atoms with Gasteiger partial charge in [0.15, 0.2) is 11.5 Å². The van der Waals surface area contributed by atoms with Gasteiger partial charge >= 0.3 is 0 Å². The van der Waals surface area contributed by atoms with Crippen LogP contribution in [0, 0.1) is 5.82 Å². The molecule has 8 heteroatoms. The van der Waals surface area contributed by atoms with Gasteiger partial charge in [-0.15, -0.1) is 0 Å². The summed E-state index contributed by atoms with van der Waals surface area (Å²) in [5.41, 5.74) is 0.640. The lowest BCUT2D eigenvalue weighted by Crippen LogP contribution is -2.33. The van der Waals surface area contributed by atoms with Crippen molar-refractivity contribution in [1.29, 1.82) is 0 Å². The number of thioether (sulfide) groups is 1. The second-order valence-electron chi connectivity index (χ2n) is 6.38. The Kier molecular flexibility index (Phi) is 5.29. The third kappa shape index (κ3) is 3.79. The van der Waals surface area contributed by atoms with Crippen molar-refractivity contribution >= 4 is 21.8 Å². The first kappa shape index (κ1) is 18.6. The first-order chi connectivity index (χ1) is 13.1. The van der Waals surface area contributed by atoms with E-state index in [2.05, 4.69) is 0 Å². The number of hydrogen-bond donors (Lipinski definition) is 0. The molecular weight excluding hydrogens is 389 g/mol. The highest BCUT2D eigenvalue weighted by Crippen LogP contribution is 2.38. The second kappa shape index (κ2) is 7.69. The highest BCUT2D eigenvalue weighted by molar-refractivity contribution is 7.99. The van der Waals surface area contributed by atoms with E-state index in [4.69, 9.17) is 9.47 Å². The van der Waals surface area contributed by atoms with Crippen LogP contribution in [0.2, 0.25) is 0 Å². The van der Waals surface area contributed by atoms with Crippen LogP contribution >= 0.6 is 11.8 Å². The third-order valence-electron chi connectivity index (χ3n) is 4.70. The first-order valence-electron chi connectivity index (χ1n) is 8.81. The van der Waals surface area contributed by atoms with E-state index in [0.29, 0.717) is 55.5 Å². The average Bonchev–Trinajstić information content (AvgIpc) is 2.94. The van der Waals surface area contributed by atoms with Gasteiger partial charge in [0.25, 0.3) is 0 Å². The average molecular weight is 410 g/mol. The summed E-state index contributed by atoms with van der Waals surface area (Å²) in [6.45, 7) is 1.61. The van der Waals surface area contributed by atoms with E-state index in [1.54, 1.807) is 36.0 Å². The Hall–Kier alpha value is -1.77. The smallest absolute Gasteiger partial charge is 0.243 e. The number of hydrogen-bond acceptors (Lipinski definition) is 5. The second-order valence-corrected chi connectivity index (χ2v) is 9.63. The Morgan fingerprint density at radius 3 is 2.63 bits per heavy atom. The van der Waals surface area contributed by atoms with E-state index >= 15 is 0 Å². The highest BCUT2D eigenvalue weighted by Gasteiger charge is 2.30. The van der Waals surface area contributed by atoms with E-state index in [0.717, 1.165) is 0 Å². The molecule has 2 aliphatic rings. The molecule has 4 rings (SSSR count). The zero-order chi connectivity index (χ0) is 18.9. The molecule has 1 saturated heterocycles. The fourth-order valence-electron chi connectivity index (χ4n) is 3.31. The van der Waals surface area contributed by atoms with Crippen molar-refractivity contribution in [3.05, 3.63) is 53.8 Å². The Bertz CT molecular complexity index is 935. The van der Waals surface area contributed by atoms with Gasteiger partial charge in [0, 0.05) is 35.7 Å². The van der Waals surface area contributed by atoms with Gasteiger partial charge in [-0.1, -0.05) is 18.2 Å². The lowest BCUT2D eigenvalue weighted by molar-refractivity contribution is 0.171. The highest BCUT2D eigenvalue weighted by atomic mass is 32.2. The molecule has 0 N–H and O–H groups in total. The Morgan fingerprint density at radius 1 is 1.04 bits per heavy atom. The fourth-order valence-corrected chi connectivity index (χ4v) is 6.15. The summed E-state index contributed by atoms with van der Waals surface area (Å²) in [4.78, 5) is 0.195. The fraction of sp³-hybridized carbons (Fsp3) is 0.368. The standard InChI is InChI=1S/C19H20FNO4S2/c20-16-4-2-1-3-15(16)19-7-8-21(9-12-26-19)27(22,23)14-5-6-17-18(13-14)25-11-10-24-17/h1-6,13,19H,7-12H2. The number of benzene rings is 2. The quantitative estimate of drug-likeness (QED) is 0.777. The van der Waals surface area contributed by atoms with Crippen molar-refractivity contribution in [2.45, 2.75) is 16.6 Å². The minimum atomic E-state index is -3.64. The summed E-state index contributed by atoms with van der Waals surface area (Å²) in [6, 6.07) is 11.4. The van der Waals surface area contributed by atoms with Gasteiger partial charge in [0.2, 0.25) is 10.0 Å².